The lowest BCUT2D eigenvalue weighted by molar-refractivity contribution is -0.118. The Morgan fingerprint density at radius 2 is 1.76 bits per heavy atom. The van der Waals surface area contributed by atoms with Crippen molar-refractivity contribution >= 4 is 5.91 Å². The van der Waals surface area contributed by atoms with Crippen molar-refractivity contribution in [3.8, 4) is 5.75 Å². The first-order valence-electron chi connectivity index (χ1n) is 6.23. The van der Waals surface area contributed by atoms with E-state index in [0.717, 1.165) is 10.1 Å². The molecule has 1 aromatic carbocycles. The average Bonchev–Trinajstić information content (AvgIpc) is 2.47. The van der Waals surface area contributed by atoms with E-state index in [4.69, 9.17) is 10.5 Å². The Balaban J connectivity index is 2.38. The van der Waals surface area contributed by atoms with Crippen molar-refractivity contribution < 1.29 is 9.53 Å². The number of benzene rings is 1. The Morgan fingerprint density at radius 1 is 1.14 bits per heavy atom. The number of para-hydroxylation sites is 1. The third-order valence-electron chi connectivity index (χ3n) is 2.99. The maximum absolute atomic E-state index is 12.0. The second kappa shape index (κ2) is 6.08. The molecule has 1 amide bonds. The van der Waals surface area contributed by atoms with E-state index in [1.807, 2.05) is 12.1 Å². The Labute approximate surface area is 120 Å². The smallest absolute Gasteiger partial charge is 0.316 e. The molecule has 0 radical (unpaired) electrons. The molecule has 0 saturated heterocycles. The number of carbonyl (C=O) groups excluding carboxylic acids is 1. The van der Waals surface area contributed by atoms with Crippen molar-refractivity contribution in [1.82, 2.24) is 9.13 Å². The minimum atomic E-state index is -0.786. The zero-order valence-corrected chi connectivity index (χ0v) is 11.5. The van der Waals surface area contributed by atoms with Gasteiger partial charge in [0.25, 0.3) is 0 Å². The number of amides is 1. The number of ether oxygens (including phenoxy) is 1. The molecule has 0 aliphatic heterocycles. The Kier molecular flexibility index (Phi) is 4.22. The molecule has 0 atom stereocenters. The molecule has 0 unspecified atom stereocenters. The van der Waals surface area contributed by atoms with Crippen molar-refractivity contribution in [3.05, 3.63) is 62.9 Å². The fraction of sp³-hybridized carbons (Fsp3) is 0.214. The molecule has 0 spiro atoms. The highest BCUT2D eigenvalue weighted by Crippen LogP contribution is 2.17. The molecule has 7 heteroatoms. The molecule has 2 aromatic rings. The molecule has 0 bridgehead atoms. The van der Waals surface area contributed by atoms with Crippen LogP contribution in [0.15, 0.2) is 46.2 Å². The lowest BCUT2D eigenvalue weighted by atomic mass is 10.2. The van der Waals surface area contributed by atoms with Crippen LogP contribution in [0.25, 0.3) is 0 Å². The maximum Gasteiger partial charge on any atom is 0.316 e. The van der Waals surface area contributed by atoms with Crippen LogP contribution in [0, 0.1) is 0 Å². The van der Waals surface area contributed by atoms with Crippen molar-refractivity contribution in [2.24, 2.45) is 5.73 Å². The van der Waals surface area contributed by atoms with Gasteiger partial charge in [-0.2, -0.15) is 0 Å². The van der Waals surface area contributed by atoms with E-state index in [-0.39, 0.29) is 13.1 Å². The second-order valence-corrected chi connectivity index (χ2v) is 4.44. The number of rotatable bonds is 5. The minimum absolute atomic E-state index is 0.204. The number of methoxy groups -OCH3 is 1. The molecule has 2 rings (SSSR count). The van der Waals surface area contributed by atoms with Gasteiger partial charge in [0.15, 0.2) is 0 Å². The number of nitrogens with two attached hydrogens (primary N) is 1. The number of nitrogens with zero attached hydrogens (tertiary/aromatic N) is 2. The zero-order valence-electron chi connectivity index (χ0n) is 11.5. The van der Waals surface area contributed by atoms with Crippen molar-refractivity contribution in [2.75, 3.05) is 7.11 Å². The molecule has 21 heavy (non-hydrogen) atoms. The molecule has 7 nitrogen and oxygen atoms in total. The SMILES string of the molecule is COc1ccccc1Cn1ccn(CC(N)=O)c(=O)c1=O. The fourth-order valence-corrected chi connectivity index (χ4v) is 1.98. The number of hydrogen-bond acceptors (Lipinski definition) is 4. The van der Waals surface area contributed by atoms with Gasteiger partial charge in [-0.15, -0.1) is 0 Å². The molecule has 2 N–H and O–H groups in total. The van der Waals surface area contributed by atoms with Gasteiger partial charge in [0, 0.05) is 18.0 Å². The molecular formula is C14H15N3O4. The van der Waals surface area contributed by atoms with Gasteiger partial charge in [-0.25, -0.2) is 0 Å². The van der Waals surface area contributed by atoms with Crippen LogP contribution in [0.4, 0.5) is 0 Å². The van der Waals surface area contributed by atoms with Crippen molar-refractivity contribution in [2.45, 2.75) is 13.1 Å². The first-order valence-corrected chi connectivity index (χ1v) is 6.23. The van der Waals surface area contributed by atoms with E-state index >= 15 is 0 Å². The van der Waals surface area contributed by atoms with Gasteiger partial charge in [-0.3, -0.25) is 19.0 Å². The summed E-state index contributed by atoms with van der Waals surface area (Å²) in [6.07, 6.45) is 2.81. The lowest BCUT2D eigenvalue weighted by Gasteiger charge is -2.10. The van der Waals surface area contributed by atoms with Crippen LogP contribution in [-0.2, 0) is 17.9 Å². The monoisotopic (exact) mass is 289 g/mol. The largest absolute Gasteiger partial charge is 0.496 e. The number of carbonyl (C=O) groups is 1. The van der Waals surface area contributed by atoms with E-state index in [0.29, 0.717) is 5.75 Å². The molecular weight excluding hydrogens is 274 g/mol. The summed E-state index contributed by atoms with van der Waals surface area (Å²) in [5, 5.41) is 0. The summed E-state index contributed by atoms with van der Waals surface area (Å²) in [6.45, 7) is -0.112. The first kappa shape index (κ1) is 14.6. The standard InChI is InChI=1S/C14H15N3O4/c1-21-11-5-3-2-4-10(11)8-16-6-7-17(9-12(15)18)14(20)13(16)19/h2-7H,8-9H2,1H3,(H2,15,18). The molecule has 0 saturated carbocycles. The molecule has 1 aromatic heterocycles. The van der Waals surface area contributed by atoms with Crippen molar-refractivity contribution in [3.63, 3.8) is 0 Å². The summed E-state index contributed by atoms with van der Waals surface area (Å²) in [5.74, 6) is -0.0512. The van der Waals surface area contributed by atoms with Gasteiger partial charge in [-0.05, 0) is 6.07 Å². The van der Waals surface area contributed by atoms with Crippen LogP contribution in [0.2, 0.25) is 0 Å². The Bertz CT molecular complexity index is 776. The van der Waals surface area contributed by atoms with E-state index in [9.17, 15) is 14.4 Å². The molecule has 1 heterocycles. The topological polar surface area (TPSA) is 96.3 Å². The average molecular weight is 289 g/mol. The highest BCUT2D eigenvalue weighted by Gasteiger charge is 2.09. The van der Waals surface area contributed by atoms with Gasteiger partial charge in [0.05, 0.1) is 13.7 Å². The highest BCUT2D eigenvalue weighted by molar-refractivity contribution is 5.73. The summed E-state index contributed by atoms with van der Waals surface area (Å²) in [7, 11) is 1.53. The van der Waals surface area contributed by atoms with Gasteiger partial charge >= 0.3 is 11.1 Å². The highest BCUT2D eigenvalue weighted by atomic mass is 16.5. The molecule has 0 aliphatic rings. The van der Waals surface area contributed by atoms with Crippen molar-refractivity contribution in [1.29, 1.82) is 0 Å². The lowest BCUT2D eigenvalue weighted by Crippen LogP contribution is -2.42. The molecule has 0 fully saturated rings. The fourth-order valence-electron chi connectivity index (χ4n) is 1.98. The van der Waals surface area contributed by atoms with E-state index in [1.165, 1.54) is 24.1 Å². The quantitative estimate of drug-likeness (QED) is 0.754. The van der Waals surface area contributed by atoms with Gasteiger partial charge in [0.2, 0.25) is 5.91 Å². The summed E-state index contributed by atoms with van der Waals surface area (Å²) in [4.78, 5) is 34.7. The predicted octanol–water partition coefficient (Wildman–Crippen LogP) is -0.448. The third-order valence-corrected chi connectivity index (χ3v) is 2.99. The third kappa shape index (κ3) is 3.19. The van der Waals surface area contributed by atoms with E-state index < -0.39 is 17.0 Å². The normalized spacial score (nSPS) is 10.3. The predicted molar refractivity (Wildman–Crippen MR) is 76.3 cm³/mol. The Hall–Kier alpha value is -2.83. The zero-order chi connectivity index (χ0) is 15.4. The summed E-state index contributed by atoms with van der Waals surface area (Å²) >= 11 is 0. The first-order chi connectivity index (χ1) is 10.0. The van der Waals surface area contributed by atoms with Crippen LogP contribution in [0.1, 0.15) is 5.56 Å². The maximum atomic E-state index is 12.0. The second-order valence-electron chi connectivity index (χ2n) is 4.44. The Morgan fingerprint density at radius 3 is 2.43 bits per heavy atom. The van der Waals surface area contributed by atoms with E-state index in [1.54, 1.807) is 12.1 Å². The van der Waals surface area contributed by atoms with Crippen LogP contribution < -0.4 is 21.6 Å². The summed E-state index contributed by atoms with van der Waals surface area (Å²) in [5.41, 5.74) is 4.29. The minimum Gasteiger partial charge on any atom is -0.496 e. The summed E-state index contributed by atoms with van der Waals surface area (Å²) in [6, 6.07) is 7.21. The molecule has 0 aliphatic carbocycles. The van der Waals surface area contributed by atoms with Gasteiger partial charge in [-0.1, -0.05) is 18.2 Å². The number of primary amides is 1. The van der Waals surface area contributed by atoms with Crippen LogP contribution in [0.3, 0.4) is 0 Å². The van der Waals surface area contributed by atoms with Crippen LogP contribution in [0.5, 0.6) is 5.75 Å². The van der Waals surface area contributed by atoms with Gasteiger partial charge < -0.3 is 15.0 Å². The van der Waals surface area contributed by atoms with E-state index in [2.05, 4.69) is 0 Å². The number of hydrogen-bond donors (Lipinski definition) is 1. The summed E-state index contributed by atoms with van der Waals surface area (Å²) < 4.78 is 7.46. The molecule has 110 valence electrons. The van der Waals surface area contributed by atoms with Gasteiger partial charge in [0.1, 0.15) is 12.3 Å². The number of aromatic nitrogens is 2. The van der Waals surface area contributed by atoms with Crippen LogP contribution >= 0.6 is 0 Å². The van der Waals surface area contributed by atoms with Crippen LogP contribution in [-0.4, -0.2) is 22.2 Å².